The van der Waals surface area contributed by atoms with Crippen LogP contribution < -0.4 is 11.5 Å². The molecule has 3 heterocycles. The van der Waals surface area contributed by atoms with Crippen molar-refractivity contribution < 1.29 is 19.2 Å². The highest BCUT2D eigenvalue weighted by atomic mass is 16.2. The van der Waals surface area contributed by atoms with Crippen LogP contribution in [0.3, 0.4) is 0 Å². The van der Waals surface area contributed by atoms with Crippen LogP contribution in [-0.2, 0) is 19.2 Å². The van der Waals surface area contributed by atoms with Crippen LogP contribution in [0, 0.1) is 11.8 Å². The molecule has 4 N–H and O–H groups in total. The number of nitrogens with two attached hydrogens (primary N) is 2. The maximum Gasteiger partial charge on any atom is 0.311 e. The largest absolute Gasteiger partial charge is 0.361 e. The lowest BCUT2D eigenvalue weighted by Crippen LogP contribution is -2.58. The predicted octanol–water partition coefficient (Wildman–Crippen LogP) is -2.27. The van der Waals surface area contributed by atoms with Gasteiger partial charge >= 0.3 is 11.8 Å². The van der Waals surface area contributed by atoms with Crippen LogP contribution in [0.4, 0.5) is 0 Å². The van der Waals surface area contributed by atoms with Crippen LogP contribution in [0.5, 0.6) is 0 Å². The molecule has 3 aliphatic heterocycles. The van der Waals surface area contributed by atoms with Gasteiger partial charge in [0.2, 0.25) is 11.8 Å². The number of hydrogen-bond acceptors (Lipinski definition) is 5. The van der Waals surface area contributed by atoms with Crippen molar-refractivity contribution in [1.29, 1.82) is 0 Å². The molecule has 4 amide bonds. The zero-order chi connectivity index (χ0) is 18.1. The van der Waals surface area contributed by atoms with Crippen LogP contribution in [-0.4, -0.2) is 83.6 Å². The number of rotatable bonds is 2. The summed E-state index contributed by atoms with van der Waals surface area (Å²) in [4.78, 5) is 52.4. The standard InChI is InChI=1S/C16H25N5O4/c17-12-2-1-3-19(15(12)24)9-13(22)20-5-10-4-11(6-20)8-21(7-10)16(25)14(18)23/h10-12H,1-9,17H2,(H2,18,23)/t10-,11+,12-/m0/s1. The molecule has 0 aliphatic carbocycles. The lowest BCUT2D eigenvalue weighted by molar-refractivity contribution is -0.150. The van der Waals surface area contributed by atoms with Gasteiger partial charge in [-0.15, -0.1) is 0 Å². The molecule has 3 rings (SSSR count). The smallest absolute Gasteiger partial charge is 0.311 e. The van der Waals surface area contributed by atoms with Crippen molar-refractivity contribution in [3.05, 3.63) is 0 Å². The van der Waals surface area contributed by atoms with Crippen molar-refractivity contribution in [1.82, 2.24) is 14.7 Å². The zero-order valence-corrected chi connectivity index (χ0v) is 14.2. The van der Waals surface area contributed by atoms with Gasteiger partial charge < -0.3 is 26.2 Å². The Balaban J connectivity index is 1.57. The third kappa shape index (κ3) is 3.76. The van der Waals surface area contributed by atoms with E-state index in [0.717, 1.165) is 12.8 Å². The van der Waals surface area contributed by atoms with Crippen molar-refractivity contribution in [3.8, 4) is 0 Å². The quantitative estimate of drug-likeness (QED) is 0.542. The van der Waals surface area contributed by atoms with E-state index in [1.165, 1.54) is 4.90 Å². The number of likely N-dealkylation sites (tertiary alicyclic amines) is 3. The molecule has 0 aromatic carbocycles. The number of primary amides is 1. The van der Waals surface area contributed by atoms with Gasteiger partial charge in [0.15, 0.2) is 0 Å². The minimum Gasteiger partial charge on any atom is -0.361 e. The Hall–Kier alpha value is -2.16. The van der Waals surface area contributed by atoms with Crippen LogP contribution in [0.2, 0.25) is 0 Å². The number of piperidine rings is 3. The molecule has 3 saturated heterocycles. The third-order valence-electron chi connectivity index (χ3n) is 5.33. The molecule has 0 spiro atoms. The first kappa shape index (κ1) is 17.7. The molecule has 0 unspecified atom stereocenters. The lowest BCUT2D eigenvalue weighted by Gasteiger charge is -2.46. The van der Waals surface area contributed by atoms with Gasteiger partial charge in [-0.1, -0.05) is 0 Å². The van der Waals surface area contributed by atoms with Crippen LogP contribution in [0.15, 0.2) is 0 Å². The summed E-state index contributed by atoms with van der Waals surface area (Å²) in [5.74, 6) is -1.55. The van der Waals surface area contributed by atoms with Gasteiger partial charge in [-0.3, -0.25) is 19.2 Å². The summed E-state index contributed by atoms with van der Waals surface area (Å²) in [6, 6.07) is -0.504. The van der Waals surface area contributed by atoms with Gasteiger partial charge in [0.25, 0.3) is 0 Å². The fourth-order valence-electron chi connectivity index (χ4n) is 4.20. The molecule has 138 valence electrons. The molecule has 3 aliphatic rings. The summed E-state index contributed by atoms with van der Waals surface area (Å²) in [5, 5.41) is 0. The first-order valence-electron chi connectivity index (χ1n) is 8.76. The second kappa shape index (κ2) is 6.99. The SMILES string of the molecule is NC(=O)C(=O)N1C[C@@H]2C[C@@H](CN(C(=O)CN3CCC[C@H](N)C3=O)C2)C1. The molecule has 0 radical (unpaired) electrons. The fraction of sp³-hybridized carbons (Fsp3) is 0.750. The topological polar surface area (TPSA) is 130 Å². The number of fused-ring (bicyclic) bond motifs is 2. The number of carbonyl (C=O) groups is 4. The van der Waals surface area contributed by atoms with Crippen molar-refractivity contribution in [2.45, 2.75) is 25.3 Å². The normalized spacial score (nSPS) is 29.6. The summed E-state index contributed by atoms with van der Waals surface area (Å²) in [5.41, 5.74) is 10.9. The average molecular weight is 351 g/mol. The van der Waals surface area contributed by atoms with Gasteiger partial charge in [0.05, 0.1) is 12.6 Å². The van der Waals surface area contributed by atoms with E-state index < -0.39 is 17.9 Å². The van der Waals surface area contributed by atoms with Crippen molar-refractivity contribution in [3.63, 3.8) is 0 Å². The predicted molar refractivity (Wildman–Crippen MR) is 87.7 cm³/mol. The number of hydrogen-bond donors (Lipinski definition) is 2. The highest BCUT2D eigenvalue weighted by molar-refractivity contribution is 6.34. The van der Waals surface area contributed by atoms with Gasteiger partial charge in [0.1, 0.15) is 0 Å². The maximum atomic E-state index is 12.6. The van der Waals surface area contributed by atoms with Crippen molar-refractivity contribution in [2.75, 3.05) is 39.3 Å². The molecule has 2 bridgehead atoms. The minimum absolute atomic E-state index is 0.0654. The van der Waals surface area contributed by atoms with Gasteiger partial charge in [-0.2, -0.15) is 0 Å². The molecule has 3 atom stereocenters. The van der Waals surface area contributed by atoms with E-state index in [1.54, 1.807) is 9.80 Å². The van der Waals surface area contributed by atoms with E-state index in [9.17, 15) is 19.2 Å². The molecule has 25 heavy (non-hydrogen) atoms. The molecule has 0 aromatic heterocycles. The molecule has 3 fully saturated rings. The average Bonchev–Trinajstić information content (AvgIpc) is 2.57. The van der Waals surface area contributed by atoms with Crippen molar-refractivity contribution >= 4 is 23.6 Å². The van der Waals surface area contributed by atoms with Crippen LogP contribution in [0.1, 0.15) is 19.3 Å². The Labute approximate surface area is 146 Å². The van der Waals surface area contributed by atoms with E-state index in [-0.39, 0.29) is 30.2 Å². The molecular formula is C16H25N5O4. The first-order valence-corrected chi connectivity index (χ1v) is 8.76. The number of nitrogens with zero attached hydrogens (tertiary/aromatic N) is 3. The Kier molecular flexibility index (Phi) is 4.94. The Bertz CT molecular complexity index is 581. The van der Waals surface area contributed by atoms with Crippen molar-refractivity contribution in [2.24, 2.45) is 23.3 Å². The molecule has 0 saturated carbocycles. The Morgan fingerprint density at radius 1 is 1.04 bits per heavy atom. The number of amides is 4. The fourth-order valence-corrected chi connectivity index (χ4v) is 4.20. The lowest BCUT2D eigenvalue weighted by atomic mass is 9.84. The summed E-state index contributed by atoms with van der Waals surface area (Å²) < 4.78 is 0. The first-order chi connectivity index (χ1) is 11.8. The Morgan fingerprint density at radius 2 is 1.64 bits per heavy atom. The molecular weight excluding hydrogens is 326 g/mol. The van der Waals surface area contributed by atoms with Crippen LogP contribution >= 0.6 is 0 Å². The Morgan fingerprint density at radius 3 is 2.24 bits per heavy atom. The summed E-state index contributed by atoms with van der Waals surface area (Å²) in [6.45, 7) is 2.58. The highest BCUT2D eigenvalue weighted by Crippen LogP contribution is 2.28. The van der Waals surface area contributed by atoms with E-state index in [4.69, 9.17) is 11.5 Å². The molecule has 9 heteroatoms. The third-order valence-corrected chi connectivity index (χ3v) is 5.33. The van der Waals surface area contributed by atoms with Crippen LogP contribution in [0.25, 0.3) is 0 Å². The van der Waals surface area contributed by atoms with E-state index in [1.807, 2.05) is 0 Å². The zero-order valence-electron chi connectivity index (χ0n) is 14.2. The summed E-state index contributed by atoms with van der Waals surface area (Å²) >= 11 is 0. The van der Waals surface area contributed by atoms with E-state index in [0.29, 0.717) is 39.1 Å². The second-order valence-corrected chi connectivity index (χ2v) is 7.35. The summed E-state index contributed by atoms with van der Waals surface area (Å²) in [6.07, 6.45) is 2.41. The van der Waals surface area contributed by atoms with Gasteiger partial charge in [-0.25, -0.2) is 0 Å². The highest BCUT2D eigenvalue weighted by Gasteiger charge is 2.39. The maximum absolute atomic E-state index is 12.6. The molecule has 9 nitrogen and oxygen atoms in total. The van der Waals surface area contributed by atoms with E-state index in [2.05, 4.69) is 0 Å². The number of carbonyl (C=O) groups excluding carboxylic acids is 4. The monoisotopic (exact) mass is 351 g/mol. The minimum atomic E-state index is -0.937. The summed E-state index contributed by atoms with van der Waals surface area (Å²) in [7, 11) is 0. The van der Waals surface area contributed by atoms with Gasteiger partial charge in [-0.05, 0) is 31.1 Å². The second-order valence-electron chi connectivity index (χ2n) is 7.35. The van der Waals surface area contributed by atoms with E-state index >= 15 is 0 Å². The van der Waals surface area contributed by atoms with Gasteiger partial charge in [0, 0.05) is 32.7 Å². The molecule has 0 aromatic rings.